The normalized spacial score (nSPS) is 20.0. The second-order valence-corrected chi connectivity index (χ2v) is 6.40. The number of nitrogens with zero attached hydrogens (tertiary/aromatic N) is 3. The van der Waals surface area contributed by atoms with Crippen LogP contribution in [0, 0.1) is 22.0 Å². The van der Waals surface area contributed by atoms with Crippen LogP contribution in [0.15, 0.2) is 24.3 Å². The molecule has 0 bridgehead atoms. The van der Waals surface area contributed by atoms with Gasteiger partial charge in [-0.05, 0) is 24.6 Å². The average molecular weight is 390 g/mol. The van der Waals surface area contributed by atoms with E-state index in [0.717, 1.165) is 0 Å². The molecule has 4 atom stereocenters. The predicted molar refractivity (Wildman–Crippen MR) is 92.8 cm³/mol. The van der Waals surface area contributed by atoms with Crippen LogP contribution in [0.25, 0.3) is 5.53 Å². The number of hydrogen-bond donors (Lipinski definition) is 2. The molecule has 0 spiro atoms. The van der Waals surface area contributed by atoms with Crippen LogP contribution in [0.1, 0.15) is 19.4 Å². The van der Waals surface area contributed by atoms with Crippen molar-refractivity contribution in [2.75, 3.05) is 0 Å². The van der Waals surface area contributed by atoms with Crippen LogP contribution in [0.2, 0.25) is 0 Å². The molecule has 148 valence electrons. The Morgan fingerprint density at radius 3 is 2.43 bits per heavy atom. The van der Waals surface area contributed by atoms with E-state index in [0.29, 0.717) is 5.56 Å². The van der Waals surface area contributed by atoms with Crippen LogP contribution in [0.4, 0.5) is 5.69 Å². The molecule has 1 fully saturated rings. The number of amides is 1. The Balaban J connectivity index is 2.00. The lowest BCUT2D eigenvalue weighted by molar-refractivity contribution is -0.384. The maximum absolute atomic E-state index is 12.5. The Hall–Kier alpha value is -3.43. The minimum absolute atomic E-state index is 0.132. The molecule has 1 aromatic rings. The number of rotatable bonds is 8. The van der Waals surface area contributed by atoms with Crippen molar-refractivity contribution < 1.29 is 33.9 Å². The molecule has 0 saturated carbocycles. The van der Waals surface area contributed by atoms with Gasteiger partial charge >= 0.3 is 11.7 Å². The van der Waals surface area contributed by atoms with E-state index < -0.39 is 52.3 Å². The van der Waals surface area contributed by atoms with E-state index in [1.165, 1.54) is 38.1 Å². The summed E-state index contributed by atoms with van der Waals surface area (Å²) in [6, 6.07) is 4.50. The van der Waals surface area contributed by atoms with E-state index in [9.17, 15) is 29.6 Å². The largest absolute Gasteiger partial charge is 0.452 e. The van der Waals surface area contributed by atoms with Crippen molar-refractivity contribution >= 4 is 29.1 Å². The van der Waals surface area contributed by atoms with Gasteiger partial charge in [-0.1, -0.05) is 6.92 Å². The molecule has 0 aromatic heterocycles. The van der Waals surface area contributed by atoms with Gasteiger partial charge in [-0.2, -0.15) is 4.79 Å². The first-order chi connectivity index (χ1) is 13.2. The lowest BCUT2D eigenvalue weighted by atomic mass is 9.76. The van der Waals surface area contributed by atoms with Crippen molar-refractivity contribution in [2.45, 2.75) is 32.6 Å². The lowest BCUT2D eigenvalue weighted by Crippen LogP contribution is -2.66. The molecule has 1 unspecified atom stereocenters. The van der Waals surface area contributed by atoms with Crippen LogP contribution in [-0.4, -0.2) is 50.3 Å². The fourth-order valence-corrected chi connectivity index (χ4v) is 2.87. The first kappa shape index (κ1) is 20.9. The first-order valence-electron chi connectivity index (χ1n) is 8.32. The smallest absolute Gasteiger partial charge is 0.441 e. The highest BCUT2D eigenvalue weighted by Gasteiger charge is 2.50. The topological polar surface area (TPSA) is 172 Å². The maximum atomic E-state index is 12.5. The van der Waals surface area contributed by atoms with Crippen molar-refractivity contribution in [1.29, 1.82) is 0 Å². The van der Waals surface area contributed by atoms with Crippen LogP contribution in [0.5, 0.6) is 0 Å². The van der Waals surface area contributed by atoms with Crippen LogP contribution in [0.3, 0.4) is 0 Å². The molecular formula is C17H18N4O7. The number of β-lactam (4-membered cyclic amide) rings is 1. The van der Waals surface area contributed by atoms with Gasteiger partial charge in [-0.25, -0.2) is 4.79 Å². The van der Waals surface area contributed by atoms with Gasteiger partial charge < -0.3 is 20.7 Å². The number of Topliss-reactive ketones (excluding diaryl/α,β-unsaturated/α-hetero) is 1. The summed E-state index contributed by atoms with van der Waals surface area (Å²) in [7, 11) is 0. The number of aliphatic hydroxyl groups is 1. The highest BCUT2D eigenvalue weighted by atomic mass is 16.6. The molecular weight excluding hydrogens is 372 g/mol. The Bertz CT molecular complexity index is 859. The Morgan fingerprint density at radius 2 is 1.96 bits per heavy atom. The Labute approximate surface area is 159 Å². The van der Waals surface area contributed by atoms with Gasteiger partial charge in [0.2, 0.25) is 5.91 Å². The van der Waals surface area contributed by atoms with Crippen molar-refractivity contribution in [3.8, 4) is 0 Å². The molecule has 11 heteroatoms. The monoisotopic (exact) mass is 390 g/mol. The standard InChI is InChI=1S/C17H18N4O7/c1-8(13-12(9(2)22)16(24)19-13)15(23)14(20-18)17(25)28-7-10-3-5-11(6-4-10)21(26)27/h3-6,8-9,12-13,22H,7H2,1-2H3,(H,19,24)/t8?,9-,12-,13-/m1/s1. The number of hydrogen-bond acceptors (Lipinski definition) is 7. The molecule has 1 aromatic carbocycles. The van der Waals surface area contributed by atoms with Gasteiger partial charge in [0.1, 0.15) is 6.61 Å². The predicted octanol–water partition coefficient (Wildman–Crippen LogP) is 0.00940. The summed E-state index contributed by atoms with van der Waals surface area (Å²) in [4.78, 5) is 48.8. The molecule has 28 heavy (non-hydrogen) atoms. The SMILES string of the molecule is CC(C(=O)C(=[N+]=[N-])C(=O)OCc1ccc([N+](=O)[O-])cc1)[C@H]1NC(=O)[C@@H]1[C@@H](C)O. The van der Waals surface area contributed by atoms with Crippen molar-refractivity contribution in [2.24, 2.45) is 11.8 Å². The van der Waals surface area contributed by atoms with Crippen LogP contribution < -0.4 is 5.32 Å². The van der Waals surface area contributed by atoms with Gasteiger partial charge in [-0.15, -0.1) is 0 Å². The summed E-state index contributed by atoms with van der Waals surface area (Å²) in [5.74, 6) is -4.20. The molecule has 0 radical (unpaired) electrons. The number of esters is 1. The number of benzene rings is 1. The summed E-state index contributed by atoms with van der Waals surface area (Å²) >= 11 is 0. The number of nitro benzene ring substituents is 1. The minimum atomic E-state index is -1.18. The Morgan fingerprint density at radius 1 is 1.36 bits per heavy atom. The highest BCUT2D eigenvalue weighted by Crippen LogP contribution is 2.26. The second-order valence-electron chi connectivity index (χ2n) is 6.40. The molecule has 1 heterocycles. The molecule has 1 amide bonds. The quantitative estimate of drug-likeness (QED) is 0.0919. The van der Waals surface area contributed by atoms with Gasteiger partial charge in [0.05, 0.1) is 23.0 Å². The molecule has 2 rings (SSSR count). The third-order valence-corrected chi connectivity index (χ3v) is 4.51. The van der Waals surface area contributed by atoms with Gasteiger partial charge in [0.25, 0.3) is 11.5 Å². The number of nitrogens with one attached hydrogen (secondary N) is 1. The molecule has 1 aliphatic heterocycles. The average Bonchev–Trinajstić information content (AvgIpc) is 2.63. The van der Waals surface area contributed by atoms with E-state index in [-0.39, 0.29) is 12.3 Å². The zero-order chi connectivity index (χ0) is 21.0. The lowest BCUT2D eigenvalue weighted by Gasteiger charge is -2.40. The van der Waals surface area contributed by atoms with Crippen LogP contribution >= 0.6 is 0 Å². The van der Waals surface area contributed by atoms with Crippen molar-refractivity contribution in [3.63, 3.8) is 0 Å². The van der Waals surface area contributed by atoms with E-state index in [4.69, 9.17) is 10.3 Å². The second kappa shape index (κ2) is 8.51. The van der Waals surface area contributed by atoms with E-state index in [2.05, 4.69) is 10.1 Å². The zero-order valence-corrected chi connectivity index (χ0v) is 15.1. The minimum Gasteiger partial charge on any atom is -0.452 e. The van der Waals surface area contributed by atoms with Gasteiger partial charge in [0, 0.05) is 18.1 Å². The summed E-state index contributed by atoms with van der Waals surface area (Å²) < 4.78 is 4.92. The third-order valence-electron chi connectivity index (χ3n) is 4.51. The molecule has 2 N–H and O–H groups in total. The summed E-state index contributed by atoms with van der Waals surface area (Å²) in [6.45, 7) is 2.54. The number of nitro groups is 1. The number of carbonyl (C=O) groups is 3. The zero-order valence-electron chi connectivity index (χ0n) is 15.1. The highest BCUT2D eigenvalue weighted by molar-refractivity contribution is 6.62. The maximum Gasteiger partial charge on any atom is 0.441 e. The third kappa shape index (κ3) is 4.27. The van der Waals surface area contributed by atoms with E-state index >= 15 is 0 Å². The first-order valence-corrected chi connectivity index (χ1v) is 8.32. The number of aliphatic hydroxyl groups excluding tert-OH is 1. The number of ether oxygens (including phenoxy) is 1. The molecule has 0 aliphatic carbocycles. The number of ketones is 1. The Kier molecular flexibility index (Phi) is 6.34. The molecule has 11 nitrogen and oxygen atoms in total. The number of carbonyl (C=O) groups excluding carboxylic acids is 3. The van der Waals surface area contributed by atoms with Crippen LogP contribution in [-0.2, 0) is 25.7 Å². The summed E-state index contributed by atoms with van der Waals surface area (Å²) in [6.07, 6.45) is -0.988. The van der Waals surface area contributed by atoms with Crippen molar-refractivity contribution in [3.05, 3.63) is 45.5 Å². The molecule has 1 saturated heterocycles. The fraction of sp³-hybridized carbons (Fsp3) is 0.412. The van der Waals surface area contributed by atoms with E-state index in [1.54, 1.807) is 0 Å². The van der Waals surface area contributed by atoms with E-state index in [1.807, 2.05) is 0 Å². The van der Waals surface area contributed by atoms with Crippen molar-refractivity contribution in [1.82, 2.24) is 5.32 Å². The summed E-state index contributed by atoms with van der Waals surface area (Å²) in [5, 5.41) is 22.7. The summed E-state index contributed by atoms with van der Waals surface area (Å²) in [5.41, 5.74) is 8.51. The van der Waals surface area contributed by atoms with Gasteiger partial charge in [0.15, 0.2) is 0 Å². The molecule has 1 aliphatic rings. The van der Waals surface area contributed by atoms with Gasteiger partial charge in [-0.3, -0.25) is 19.7 Å². The number of non-ortho nitro benzene ring substituents is 1. The fourth-order valence-electron chi connectivity index (χ4n) is 2.87.